The van der Waals surface area contributed by atoms with E-state index in [9.17, 15) is 4.39 Å². The van der Waals surface area contributed by atoms with Crippen LogP contribution in [0.3, 0.4) is 0 Å². The number of fused-ring (bicyclic) bond motifs is 1. The van der Waals surface area contributed by atoms with E-state index in [1.54, 1.807) is 26.1 Å². The van der Waals surface area contributed by atoms with Crippen LogP contribution in [0.25, 0.3) is 10.9 Å². The summed E-state index contributed by atoms with van der Waals surface area (Å²) in [6.45, 7) is 6.74. The highest BCUT2D eigenvalue weighted by molar-refractivity contribution is 5.83. The van der Waals surface area contributed by atoms with E-state index in [4.69, 9.17) is 9.15 Å². The Hall–Kier alpha value is -3.73. The third kappa shape index (κ3) is 4.31. The Bertz CT molecular complexity index is 1310. The van der Waals surface area contributed by atoms with Gasteiger partial charge in [0.2, 0.25) is 0 Å². The maximum Gasteiger partial charge on any atom is 0.326 e. The molecule has 3 aromatic heterocycles. The van der Waals surface area contributed by atoms with E-state index in [1.807, 2.05) is 0 Å². The number of benzene rings is 1. The average molecular weight is 455 g/mol. The summed E-state index contributed by atoms with van der Waals surface area (Å²) >= 11 is 0. The molecule has 0 radical (unpaired) electrons. The maximum absolute atomic E-state index is 15.1. The maximum atomic E-state index is 15.1. The molecule has 0 spiro atoms. The van der Waals surface area contributed by atoms with E-state index < -0.39 is 11.6 Å². The van der Waals surface area contributed by atoms with Crippen LogP contribution < -0.4 is 15.0 Å². The number of hydrogen-bond acceptors (Lipinski definition) is 8. The highest BCUT2D eigenvalue weighted by Gasteiger charge is 2.21. The molecular formula is C22H23F2N7O2. The minimum atomic E-state index is -0.692. The predicted octanol–water partition coefficient (Wildman–Crippen LogP) is 4.13. The minimum Gasteiger partial charge on any atom is -0.429 e. The summed E-state index contributed by atoms with van der Waals surface area (Å²) in [4.78, 5) is 20.0. The quantitative estimate of drug-likeness (QED) is 0.464. The first kappa shape index (κ1) is 21.1. The van der Waals surface area contributed by atoms with Crippen molar-refractivity contribution in [2.24, 2.45) is 0 Å². The van der Waals surface area contributed by atoms with Crippen LogP contribution in [-0.4, -0.2) is 58.1 Å². The van der Waals surface area contributed by atoms with Gasteiger partial charge in [-0.2, -0.15) is 9.97 Å². The molecule has 11 heteroatoms. The number of piperazine rings is 1. The van der Waals surface area contributed by atoms with Crippen molar-refractivity contribution in [3.8, 4) is 11.8 Å². The van der Waals surface area contributed by atoms with Crippen molar-refractivity contribution in [1.29, 1.82) is 0 Å². The number of aryl methyl sites for hydroxylation is 2. The van der Waals surface area contributed by atoms with Crippen molar-refractivity contribution < 1.29 is 17.9 Å². The summed E-state index contributed by atoms with van der Waals surface area (Å²) in [6.07, 6.45) is 1.58. The van der Waals surface area contributed by atoms with Crippen molar-refractivity contribution in [3.05, 3.63) is 47.5 Å². The predicted molar refractivity (Wildman–Crippen MR) is 119 cm³/mol. The second-order valence-corrected chi connectivity index (χ2v) is 8.10. The Morgan fingerprint density at radius 2 is 1.88 bits per heavy atom. The molecule has 0 bridgehead atoms. The standard InChI is InChI=1S/C22H23F2N7O2/c1-12-8-14-19(24)16(9-15(23)20(14)26-12)33-22-28-17(27-21-25-11-13(2)32-21)10-18(29-22)31-6-4-30(3)5-7-31/h8-11,26H,4-7H2,1-3H3,(H,25,27,28,29). The van der Waals surface area contributed by atoms with Gasteiger partial charge in [-0.15, -0.1) is 0 Å². The first-order chi connectivity index (χ1) is 15.9. The normalized spacial score (nSPS) is 14.8. The lowest BCUT2D eigenvalue weighted by molar-refractivity contribution is 0.311. The fourth-order valence-electron chi connectivity index (χ4n) is 3.75. The smallest absolute Gasteiger partial charge is 0.326 e. The molecule has 0 saturated carbocycles. The van der Waals surface area contributed by atoms with Crippen LogP contribution in [0.4, 0.5) is 26.4 Å². The van der Waals surface area contributed by atoms with Crippen molar-refractivity contribution in [2.75, 3.05) is 43.4 Å². The van der Waals surface area contributed by atoms with Gasteiger partial charge in [0, 0.05) is 49.4 Å². The Morgan fingerprint density at radius 3 is 2.61 bits per heavy atom. The second kappa shape index (κ2) is 8.32. The molecule has 1 aliphatic rings. The first-order valence-electron chi connectivity index (χ1n) is 10.5. The number of anilines is 3. The van der Waals surface area contributed by atoms with Gasteiger partial charge in [-0.1, -0.05) is 0 Å². The van der Waals surface area contributed by atoms with Crippen LogP contribution in [0.1, 0.15) is 11.5 Å². The molecule has 1 aromatic carbocycles. The Kier molecular flexibility index (Phi) is 5.33. The van der Waals surface area contributed by atoms with Gasteiger partial charge in [0.25, 0.3) is 6.01 Å². The lowest BCUT2D eigenvalue weighted by Crippen LogP contribution is -2.44. The number of hydrogen-bond donors (Lipinski definition) is 2. The molecule has 0 atom stereocenters. The molecule has 172 valence electrons. The zero-order valence-electron chi connectivity index (χ0n) is 18.4. The number of H-pyrrole nitrogens is 1. The fraction of sp³-hybridized carbons (Fsp3) is 0.318. The second-order valence-electron chi connectivity index (χ2n) is 8.10. The van der Waals surface area contributed by atoms with Gasteiger partial charge in [-0.25, -0.2) is 13.8 Å². The third-order valence-electron chi connectivity index (χ3n) is 5.48. The van der Waals surface area contributed by atoms with E-state index in [0.29, 0.717) is 23.1 Å². The zero-order valence-corrected chi connectivity index (χ0v) is 18.4. The molecule has 2 N–H and O–H groups in total. The van der Waals surface area contributed by atoms with Crippen LogP contribution in [0.15, 0.2) is 28.8 Å². The van der Waals surface area contributed by atoms with Crippen LogP contribution >= 0.6 is 0 Å². The SMILES string of the molecule is Cc1cc2c(F)c(Oc3nc(Nc4ncc(C)o4)cc(N4CCN(C)CC4)n3)cc(F)c2[nH]1. The van der Waals surface area contributed by atoms with Crippen LogP contribution in [-0.2, 0) is 0 Å². The Morgan fingerprint density at radius 1 is 1.09 bits per heavy atom. The lowest BCUT2D eigenvalue weighted by atomic mass is 10.2. The van der Waals surface area contributed by atoms with E-state index in [1.165, 1.54) is 6.07 Å². The van der Waals surface area contributed by atoms with E-state index in [2.05, 4.69) is 42.1 Å². The van der Waals surface area contributed by atoms with E-state index in [-0.39, 0.29) is 28.7 Å². The molecule has 0 unspecified atom stereocenters. The number of ether oxygens (including phenoxy) is 1. The number of nitrogens with zero attached hydrogens (tertiary/aromatic N) is 5. The van der Waals surface area contributed by atoms with Gasteiger partial charge in [0.15, 0.2) is 17.4 Å². The minimum absolute atomic E-state index is 0.0890. The number of oxazole rings is 1. The largest absolute Gasteiger partial charge is 0.429 e. The molecule has 4 aromatic rings. The number of halogens is 2. The molecule has 33 heavy (non-hydrogen) atoms. The van der Waals surface area contributed by atoms with Crippen LogP contribution in [0.5, 0.6) is 11.8 Å². The van der Waals surface area contributed by atoms with Crippen LogP contribution in [0, 0.1) is 25.5 Å². The van der Waals surface area contributed by atoms with Crippen molar-refractivity contribution in [3.63, 3.8) is 0 Å². The number of rotatable bonds is 5. The monoisotopic (exact) mass is 455 g/mol. The lowest BCUT2D eigenvalue weighted by Gasteiger charge is -2.33. The summed E-state index contributed by atoms with van der Waals surface area (Å²) < 4.78 is 40.8. The zero-order chi connectivity index (χ0) is 23.1. The number of nitrogens with one attached hydrogen (secondary N) is 2. The summed E-state index contributed by atoms with van der Waals surface area (Å²) in [5.41, 5.74) is 0.729. The van der Waals surface area contributed by atoms with Gasteiger partial charge in [0.1, 0.15) is 17.4 Å². The van der Waals surface area contributed by atoms with E-state index >= 15 is 4.39 Å². The Balaban J connectivity index is 1.51. The third-order valence-corrected chi connectivity index (χ3v) is 5.48. The van der Waals surface area contributed by atoms with Crippen molar-refractivity contribution >= 4 is 28.6 Å². The van der Waals surface area contributed by atoms with Crippen molar-refractivity contribution in [1.82, 2.24) is 24.8 Å². The molecule has 5 rings (SSSR count). The highest BCUT2D eigenvalue weighted by Crippen LogP contribution is 2.33. The molecule has 9 nitrogen and oxygen atoms in total. The van der Waals surface area contributed by atoms with E-state index in [0.717, 1.165) is 32.2 Å². The van der Waals surface area contributed by atoms with Gasteiger partial charge in [-0.3, -0.25) is 5.32 Å². The van der Waals surface area contributed by atoms with Gasteiger partial charge < -0.3 is 23.9 Å². The van der Waals surface area contributed by atoms with Crippen LogP contribution in [0.2, 0.25) is 0 Å². The molecule has 0 aliphatic carbocycles. The molecule has 0 amide bonds. The topological polar surface area (TPSA) is 95.3 Å². The summed E-state index contributed by atoms with van der Waals surface area (Å²) in [6, 6.07) is 4.39. The Labute approximate surface area is 188 Å². The molecule has 4 heterocycles. The highest BCUT2D eigenvalue weighted by atomic mass is 19.1. The molecule has 1 saturated heterocycles. The van der Waals surface area contributed by atoms with Crippen molar-refractivity contribution in [2.45, 2.75) is 13.8 Å². The molecule has 1 aliphatic heterocycles. The number of aromatic amines is 1. The summed E-state index contributed by atoms with van der Waals surface area (Å²) in [5.74, 6) is -0.0310. The average Bonchev–Trinajstić information content (AvgIpc) is 3.37. The van der Waals surface area contributed by atoms with Gasteiger partial charge >= 0.3 is 6.01 Å². The summed E-state index contributed by atoms with van der Waals surface area (Å²) in [7, 11) is 2.06. The summed E-state index contributed by atoms with van der Waals surface area (Å²) in [5, 5.41) is 3.08. The molecule has 1 fully saturated rings. The van der Waals surface area contributed by atoms with Gasteiger partial charge in [0.05, 0.1) is 11.7 Å². The number of aromatic nitrogens is 4. The fourth-order valence-corrected chi connectivity index (χ4v) is 3.75. The molecular weight excluding hydrogens is 432 g/mol. The first-order valence-corrected chi connectivity index (χ1v) is 10.5. The number of likely N-dealkylation sites (N-methyl/N-ethyl adjacent to an activating group) is 1. The van der Waals surface area contributed by atoms with Gasteiger partial charge in [-0.05, 0) is 27.0 Å².